The molecule has 14 heavy (non-hydrogen) atoms. The van der Waals surface area contributed by atoms with Gasteiger partial charge >= 0.3 is 0 Å². The first kappa shape index (κ1) is 9.28. The second-order valence-corrected chi connectivity index (χ2v) is 3.81. The molecule has 1 heterocycles. The number of aromatic nitrogens is 1. The van der Waals surface area contributed by atoms with E-state index in [-0.39, 0.29) is 6.61 Å². The van der Waals surface area contributed by atoms with Crippen LogP contribution in [0.25, 0.3) is 10.9 Å². The number of hydrogen-bond donors (Lipinski definition) is 1. The van der Waals surface area contributed by atoms with Gasteiger partial charge in [-0.15, -0.1) is 0 Å². The number of benzene rings is 1. The Balaban J connectivity index is 2.33. The third kappa shape index (κ3) is 1.66. The lowest BCUT2D eigenvalue weighted by atomic mass is 10.2. The lowest BCUT2D eigenvalue weighted by Gasteiger charge is -2.10. The number of fused-ring (bicyclic) bond motifs is 1. The van der Waals surface area contributed by atoms with Gasteiger partial charge in [-0.05, 0) is 23.4 Å². The van der Waals surface area contributed by atoms with Gasteiger partial charge < -0.3 is 9.67 Å². The van der Waals surface area contributed by atoms with E-state index in [0.29, 0.717) is 5.92 Å². The molecule has 0 aliphatic rings. The van der Waals surface area contributed by atoms with Crippen molar-refractivity contribution < 1.29 is 5.11 Å². The average molecular weight is 189 g/mol. The van der Waals surface area contributed by atoms with Crippen molar-refractivity contribution in [2.24, 2.45) is 5.92 Å². The van der Waals surface area contributed by atoms with Crippen LogP contribution >= 0.6 is 0 Å². The Labute approximate surface area is 83.8 Å². The number of aliphatic hydroxyl groups excluding tert-OH is 1. The molecule has 0 spiro atoms. The molecule has 0 unspecified atom stereocenters. The van der Waals surface area contributed by atoms with E-state index < -0.39 is 0 Å². The molecular formula is C12H15NO. The summed E-state index contributed by atoms with van der Waals surface area (Å²) in [6, 6.07) is 10.4. The van der Waals surface area contributed by atoms with E-state index >= 15 is 0 Å². The number of aliphatic hydroxyl groups is 1. The lowest BCUT2D eigenvalue weighted by Crippen LogP contribution is -2.09. The zero-order chi connectivity index (χ0) is 9.97. The van der Waals surface area contributed by atoms with E-state index in [2.05, 4.69) is 35.9 Å². The maximum absolute atomic E-state index is 8.99. The van der Waals surface area contributed by atoms with Crippen LogP contribution in [-0.4, -0.2) is 16.3 Å². The molecule has 1 atom stereocenters. The quantitative estimate of drug-likeness (QED) is 0.787. The van der Waals surface area contributed by atoms with Crippen molar-refractivity contribution >= 4 is 10.9 Å². The van der Waals surface area contributed by atoms with Crippen LogP contribution in [-0.2, 0) is 6.54 Å². The summed E-state index contributed by atoms with van der Waals surface area (Å²) in [6.07, 6.45) is 2.08. The third-order valence-corrected chi connectivity index (χ3v) is 2.50. The van der Waals surface area contributed by atoms with Gasteiger partial charge in [0.2, 0.25) is 0 Å². The minimum absolute atomic E-state index is 0.243. The predicted molar refractivity (Wildman–Crippen MR) is 58.2 cm³/mol. The van der Waals surface area contributed by atoms with E-state index in [4.69, 9.17) is 5.11 Å². The van der Waals surface area contributed by atoms with Gasteiger partial charge in [-0.25, -0.2) is 0 Å². The highest BCUT2D eigenvalue weighted by molar-refractivity contribution is 5.79. The second-order valence-electron chi connectivity index (χ2n) is 3.81. The average Bonchev–Trinajstić information content (AvgIpc) is 2.62. The van der Waals surface area contributed by atoms with Crippen LogP contribution in [0, 0.1) is 5.92 Å². The van der Waals surface area contributed by atoms with Crippen LogP contribution in [0.15, 0.2) is 36.5 Å². The molecule has 2 rings (SSSR count). The highest BCUT2D eigenvalue weighted by atomic mass is 16.3. The fourth-order valence-electron chi connectivity index (χ4n) is 1.69. The van der Waals surface area contributed by atoms with Gasteiger partial charge in [0.25, 0.3) is 0 Å². The third-order valence-electron chi connectivity index (χ3n) is 2.50. The van der Waals surface area contributed by atoms with Crippen LogP contribution in [0.5, 0.6) is 0 Å². The number of hydrogen-bond acceptors (Lipinski definition) is 1. The van der Waals surface area contributed by atoms with Crippen LogP contribution in [0.2, 0.25) is 0 Å². The zero-order valence-corrected chi connectivity index (χ0v) is 8.35. The Hall–Kier alpha value is -1.28. The first-order valence-corrected chi connectivity index (χ1v) is 4.96. The van der Waals surface area contributed by atoms with Crippen molar-refractivity contribution in [2.45, 2.75) is 13.5 Å². The summed E-state index contributed by atoms with van der Waals surface area (Å²) in [6.45, 7) is 3.17. The maximum atomic E-state index is 8.99. The Morgan fingerprint density at radius 1 is 1.29 bits per heavy atom. The fraction of sp³-hybridized carbons (Fsp3) is 0.333. The topological polar surface area (TPSA) is 25.2 Å². The standard InChI is InChI=1S/C12H15NO/c1-10(9-14)8-13-7-6-11-4-2-3-5-12(11)13/h2-7,10,14H,8-9H2,1H3/t10-/m1/s1. The molecule has 74 valence electrons. The van der Waals surface area contributed by atoms with E-state index in [9.17, 15) is 0 Å². The van der Waals surface area contributed by atoms with Crippen molar-refractivity contribution in [1.29, 1.82) is 0 Å². The molecule has 1 aromatic heterocycles. The van der Waals surface area contributed by atoms with Crippen molar-refractivity contribution in [3.05, 3.63) is 36.5 Å². The number of rotatable bonds is 3. The molecule has 0 radical (unpaired) electrons. The van der Waals surface area contributed by atoms with E-state index in [1.54, 1.807) is 0 Å². The van der Waals surface area contributed by atoms with Crippen LogP contribution < -0.4 is 0 Å². The molecule has 0 saturated carbocycles. The SMILES string of the molecule is C[C@@H](CO)Cn1ccc2ccccc21. The highest BCUT2D eigenvalue weighted by Gasteiger charge is 2.03. The molecule has 0 fully saturated rings. The summed E-state index contributed by atoms with van der Waals surface area (Å²) in [5.41, 5.74) is 1.24. The first-order chi connectivity index (χ1) is 6.81. The van der Waals surface area contributed by atoms with Crippen molar-refractivity contribution in [3.63, 3.8) is 0 Å². The Morgan fingerprint density at radius 2 is 2.07 bits per heavy atom. The summed E-state index contributed by atoms with van der Waals surface area (Å²) < 4.78 is 2.19. The van der Waals surface area contributed by atoms with Crippen molar-refractivity contribution in [2.75, 3.05) is 6.61 Å². The molecule has 0 amide bonds. The van der Waals surface area contributed by atoms with Gasteiger partial charge in [-0.2, -0.15) is 0 Å². The largest absolute Gasteiger partial charge is 0.396 e. The molecule has 0 saturated heterocycles. The molecule has 2 aromatic rings. The lowest BCUT2D eigenvalue weighted by molar-refractivity contribution is 0.224. The molecule has 1 aromatic carbocycles. The maximum Gasteiger partial charge on any atom is 0.0480 e. The minimum atomic E-state index is 0.243. The normalized spacial score (nSPS) is 13.3. The highest BCUT2D eigenvalue weighted by Crippen LogP contribution is 2.16. The van der Waals surface area contributed by atoms with E-state index in [1.807, 2.05) is 12.1 Å². The molecule has 0 aliphatic carbocycles. The molecule has 1 N–H and O–H groups in total. The summed E-state index contributed by atoms with van der Waals surface area (Å²) in [5.74, 6) is 0.311. The molecular weight excluding hydrogens is 174 g/mol. The monoisotopic (exact) mass is 189 g/mol. The van der Waals surface area contributed by atoms with Gasteiger partial charge in [0, 0.05) is 24.9 Å². The molecule has 0 bridgehead atoms. The summed E-state index contributed by atoms with van der Waals surface area (Å²) in [5, 5.41) is 10.3. The van der Waals surface area contributed by atoms with Gasteiger partial charge in [-0.3, -0.25) is 0 Å². The van der Waals surface area contributed by atoms with Crippen LogP contribution in [0.1, 0.15) is 6.92 Å². The minimum Gasteiger partial charge on any atom is -0.396 e. The van der Waals surface area contributed by atoms with E-state index in [1.165, 1.54) is 10.9 Å². The summed E-state index contributed by atoms with van der Waals surface area (Å²) in [4.78, 5) is 0. The first-order valence-electron chi connectivity index (χ1n) is 4.96. The number of para-hydroxylation sites is 1. The van der Waals surface area contributed by atoms with Crippen LogP contribution in [0.3, 0.4) is 0 Å². The molecule has 2 nitrogen and oxygen atoms in total. The zero-order valence-electron chi connectivity index (χ0n) is 8.35. The second kappa shape index (κ2) is 3.84. The van der Waals surface area contributed by atoms with Crippen molar-refractivity contribution in [3.8, 4) is 0 Å². The van der Waals surface area contributed by atoms with E-state index in [0.717, 1.165) is 6.54 Å². The Bertz CT molecular complexity index is 419. The number of nitrogens with zero attached hydrogens (tertiary/aromatic N) is 1. The van der Waals surface area contributed by atoms with Gasteiger partial charge in [0.15, 0.2) is 0 Å². The smallest absolute Gasteiger partial charge is 0.0480 e. The summed E-state index contributed by atoms with van der Waals surface area (Å²) in [7, 11) is 0. The van der Waals surface area contributed by atoms with Crippen molar-refractivity contribution in [1.82, 2.24) is 4.57 Å². The molecule has 0 aliphatic heterocycles. The Morgan fingerprint density at radius 3 is 2.86 bits per heavy atom. The van der Waals surface area contributed by atoms with Gasteiger partial charge in [-0.1, -0.05) is 25.1 Å². The predicted octanol–water partition coefficient (Wildman–Crippen LogP) is 2.27. The summed E-state index contributed by atoms with van der Waals surface area (Å²) >= 11 is 0. The van der Waals surface area contributed by atoms with Crippen LogP contribution in [0.4, 0.5) is 0 Å². The van der Waals surface area contributed by atoms with Gasteiger partial charge in [0.05, 0.1) is 0 Å². The Kier molecular flexibility index (Phi) is 2.55. The van der Waals surface area contributed by atoms with Gasteiger partial charge in [0.1, 0.15) is 0 Å². The molecule has 2 heteroatoms. The fourth-order valence-corrected chi connectivity index (χ4v) is 1.69.